The van der Waals surface area contributed by atoms with Crippen molar-refractivity contribution in [2.75, 3.05) is 13.4 Å². The highest BCUT2D eigenvalue weighted by Crippen LogP contribution is 2.40. The maximum Gasteiger partial charge on any atom is 0.338 e. The van der Waals surface area contributed by atoms with E-state index in [0.717, 1.165) is 5.56 Å². The Bertz CT molecular complexity index is 2150. The molecule has 1 atom stereocenters. The predicted molar refractivity (Wildman–Crippen MR) is 168 cm³/mol. The first kappa shape index (κ1) is 28.2. The molecule has 0 spiro atoms. The zero-order chi connectivity index (χ0) is 30.4. The molecule has 0 aliphatic carbocycles. The van der Waals surface area contributed by atoms with Gasteiger partial charge in [0.1, 0.15) is 11.5 Å². The molecule has 5 aromatic rings. The Morgan fingerprint density at radius 2 is 1.86 bits per heavy atom. The number of carbonyl (C=O) groups is 1. The maximum absolute atomic E-state index is 14.1. The SMILES string of the molecule is CCOC(=O)C1=C(c2ccccc2)N=c2sc(=Cc3ccc(-c4ccc(Cl)cc4Cl)o3)c(=O)n2C1c1ccc2c(c1)OCO2. The number of hydrogen-bond donors (Lipinski definition) is 0. The normalized spacial score (nSPS) is 15.7. The molecule has 7 rings (SSSR count). The van der Waals surface area contributed by atoms with Gasteiger partial charge in [0, 0.05) is 22.2 Å². The van der Waals surface area contributed by atoms with Gasteiger partial charge in [-0.3, -0.25) is 9.36 Å². The fourth-order valence-electron chi connectivity index (χ4n) is 5.23. The van der Waals surface area contributed by atoms with Gasteiger partial charge >= 0.3 is 5.97 Å². The first-order chi connectivity index (χ1) is 21.4. The Kier molecular flexibility index (Phi) is 7.37. The van der Waals surface area contributed by atoms with Gasteiger partial charge in [-0.25, -0.2) is 9.79 Å². The van der Waals surface area contributed by atoms with Gasteiger partial charge in [-0.2, -0.15) is 0 Å². The molecule has 0 bridgehead atoms. The third-order valence-corrected chi connectivity index (χ3v) is 8.71. The zero-order valence-corrected chi connectivity index (χ0v) is 25.4. The molecule has 11 heteroatoms. The van der Waals surface area contributed by atoms with E-state index in [1.807, 2.05) is 36.4 Å². The third-order valence-electron chi connectivity index (χ3n) is 7.18. The van der Waals surface area contributed by atoms with Crippen molar-refractivity contribution in [1.82, 2.24) is 4.57 Å². The molecule has 2 aliphatic rings. The number of furan rings is 1. The van der Waals surface area contributed by atoms with Crippen LogP contribution in [0.2, 0.25) is 10.0 Å². The summed E-state index contributed by atoms with van der Waals surface area (Å²) in [5.74, 6) is 1.52. The lowest BCUT2D eigenvalue weighted by molar-refractivity contribution is -0.138. The van der Waals surface area contributed by atoms with Gasteiger partial charge in [-0.05, 0) is 55.0 Å². The summed E-state index contributed by atoms with van der Waals surface area (Å²) in [5, 5.41) is 0.960. The van der Waals surface area contributed by atoms with Gasteiger partial charge in [0.05, 0.1) is 33.5 Å². The molecule has 2 aromatic heterocycles. The third kappa shape index (κ3) is 5.02. The molecule has 0 fully saturated rings. The van der Waals surface area contributed by atoms with Crippen molar-refractivity contribution in [1.29, 1.82) is 0 Å². The molecule has 8 nitrogen and oxygen atoms in total. The van der Waals surface area contributed by atoms with Crippen LogP contribution in [-0.4, -0.2) is 23.9 Å². The second kappa shape index (κ2) is 11.5. The number of benzene rings is 3. The summed E-state index contributed by atoms with van der Waals surface area (Å²) in [6.45, 7) is 1.98. The van der Waals surface area contributed by atoms with E-state index in [4.69, 9.17) is 46.8 Å². The lowest BCUT2D eigenvalue weighted by atomic mass is 9.93. The van der Waals surface area contributed by atoms with Gasteiger partial charge in [0.25, 0.3) is 5.56 Å². The molecule has 3 aromatic carbocycles. The molecule has 1 unspecified atom stereocenters. The highest BCUT2D eigenvalue weighted by atomic mass is 35.5. The smallest absolute Gasteiger partial charge is 0.338 e. The fourth-order valence-corrected chi connectivity index (χ4v) is 6.72. The molecule has 0 saturated carbocycles. The molecular formula is C33H22Cl2N2O6S. The standard InChI is InChI=1S/C33H22Cl2N2O6S/c1-2-40-32(39)28-29(18-6-4-3-5-7-18)36-33-37(30(28)19-8-12-25-26(14-19)42-17-41-25)31(38)27(44-33)16-21-10-13-24(43-21)22-11-9-20(34)15-23(22)35/h3-16,30H,2,17H2,1H3. The Morgan fingerprint density at radius 1 is 1.05 bits per heavy atom. The molecule has 2 aliphatic heterocycles. The number of carbonyl (C=O) groups excluding carboxylic acids is 1. The molecule has 0 saturated heterocycles. The summed E-state index contributed by atoms with van der Waals surface area (Å²) in [6, 6.07) is 22.6. The summed E-state index contributed by atoms with van der Waals surface area (Å²) in [5.41, 5.74) is 2.37. The van der Waals surface area contributed by atoms with Gasteiger partial charge in [-0.1, -0.05) is 70.9 Å². The van der Waals surface area contributed by atoms with E-state index in [2.05, 4.69) is 0 Å². The van der Waals surface area contributed by atoms with Crippen molar-refractivity contribution in [2.45, 2.75) is 13.0 Å². The van der Waals surface area contributed by atoms with Crippen LogP contribution in [0.15, 0.2) is 98.6 Å². The number of aromatic nitrogens is 1. The topological polar surface area (TPSA) is 92.3 Å². The van der Waals surface area contributed by atoms with E-state index in [1.165, 1.54) is 15.9 Å². The van der Waals surface area contributed by atoms with Crippen LogP contribution in [-0.2, 0) is 9.53 Å². The highest BCUT2D eigenvalue weighted by Gasteiger charge is 2.36. The average Bonchev–Trinajstić information content (AvgIpc) is 3.76. The van der Waals surface area contributed by atoms with E-state index in [0.29, 0.717) is 59.2 Å². The summed E-state index contributed by atoms with van der Waals surface area (Å²) >= 11 is 13.6. The second-order valence-electron chi connectivity index (χ2n) is 9.87. The zero-order valence-electron chi connectivity index (χ0n) is 23.1. The monoisotopic (exact) mass is 644 g/mol. The Morgan fingerprint density at radius 3 is 2.66 bits per heavy atom. The number of hydrogen-bond acceptors (Lipinski definition) is 8. The molecule has 0 radical (unpaired) electrons. The summed E-state index contributed by atoms with van der Waals surface area (Å²) in [7, 11) is 0. The van der Waals surface area contributed by atoms with Crippen LogP contribution in [0.1, 0.15) is 29.9 Å². The summed E-state index contributed by atoms with van der Waals surface area (Å²) < 4.78 is 24.6. The second-order valence-corrected chi connectivity index (χ2v) is 11.7. The van der Waals surface area contributed by atoms with E-state index in [1.54, 1.807) is 55.5 Å². The van der Waals surface area contributed by atoms with Crippen LogP contribution in [0, 0.1) is 0 Å². The first-order valence-electron chi connectivity index (χ1n) is 13.6. The molecular weight excluding hydrogens is 623 g/mol. The largest absolute Gasteiger partial charge is 0.463 e. The Labute approximate surface area is 264 Å². The molecule has 0 N–H and O–H groups in total. The number of ether oxygens (including phenoxy) is 3. The van der Waals surface area contributed by atoms with Crippen LogP contribution < -0.4 is 24.4 Å². The van der Waals surface area contributed by atoms with E-state index in [-0.39, 0.29) is 24.5 Å². The van der Waals surface area contributed by atoms with Crippen LogP contribution in [0.4, 0.5) is 0 Å². The number of nitrogens with zero attached hydrogens (tertiary/aromatic N) is 2. The lowest BCUT2D eigenvalue weighted by Crippen LogP contribution is -2.40. The lowest BCUT2D eigenvalue weighted by Gasteiger charge is -2.26. The summed E-state index contributed by atoms with van der Waals surface area (Å²) in [6.07, 6.45) is 1.66. The van der Waals surface area contributed by atoms with Crippen LogP contribution in [0.5, 0.6) is 11.5 Å². The minimum absolute atomic E-state index is 0.0871. The fraction of sp³-hybridized carbons (Fsp3) is 0.121. The minimum Gasteiger partial charge on any atom is -0.463 e. The molecule has 0 amide bonds. The average molecular weight is 646 g/mol. The van der Waals surface area contributed by atoms with Gasteiger partial charge in [-0.15, -0.1) is 0 Å². The van der Waals surface area contributed by atoms with Gasteiger partial charge in [0.15, 0.2) is 16.3 Å². The van der Waals surface area contributed by atoms with E-state index >= 15 is 0 Å². The molecule has 220 valence electrons. The number of halogens is 2. The quantitative estimate of drug-likeness (QED) is 0.204. The number of fused-ring (bicyclic) bond motifs is 2. The highest BCUT2D eigenvalue weighted by molar-refractivity contribution is 7.07. The van der Waals surface area contributed by atoms with E-state index in [9.17, 15) is 9.59 Å². The van der Waals surface area contributed by atoms with Crippen LogP contribution in [0.25, 0.3) is 23.1 Å². The Hall–Kier alpha value is -4.57. The molecule has 44 heavy (non-hydrogen) atoms. The van der Waals surface area contributed by atoms with Crippen molar-refractivity contribution in [3.8, 4) is 22.8 Å². The minimum atomic E-state index is -0.850. The van der Waals surface area contributed by atoms with Crippen LogP contribution >= 0.6 is 34.5 Å². The van der Waals surface area contributed by atoms with Crippen molar-refractivity contribution >= 4 is 52.3 Å². The number of esters is 1. The van der Waals surface area contributed by atoms with Crippen molar-refractivity contribution in [2.24, 2.45) is 4.99 Å². The van der Waals surface area contributed by atoms with E-state index < -0.39 is 12.0 Å². The van der Waals surface area contributed by atoms with Crippen LogP contribution in [0.3, 0.4) is 0 Å². The number of rotatable bonds is 6. The van der Waals surface area contributed by atoms with Gasteiger partial charge < -0.3 is 18.6 Å². The van der Waals surface area contributed by atoms with Crippen molar-refractivity contribution < 1.29 is 23.4 Å². The van der Waals surface area contributed by atoms with Crippen molar-refractivity contribution in [3.05, 3.63) is 131 Å². The number of thiazole rings is 1. The molecule has 4 heterocycles. The van der Waals surface area contributed by atoms with Crippen molar-refractivity contribution in [3.63, 3.8) is 0 Å². The predicted octanol–water partition coefficient (Wildman–Crippen LogP) is 6.23. The first-order valence-corrected chi connectivity index (χ1v) is 15.2. The van der Waals surface area contributed by atoms with Gasteiger partial charge in [0.2, 0.25) is 6.79 Å². The Balaban J connectivity index is 1.43. The maximum atomic E-state index is 14.1. The summed E-state index contributed by atoms with van der Waals surface area (Å²) in [4.78, 5) is 33.1.